The molecule has 0 spiro atoms. The molecule has 1 aromatic carbocycles. The van der Waals surface area contributed by atoms with Gasteiger partial charge in [0, 0.05) is 48.0 Å². The van der Waals surface area contributed by atoms with Gasteiger partial charge >= 0.3 is 0 Å². The van der Waals surface area contributed by atoms with Crippen molar-refractivity contribution in [3.05, 3.63) is 56.2 Å². The van der Waals surface area contributed by atoms with E-state index in [2.05, 4.69) is 17.9 Å². The smallest absolute Gasteiger partial charge is 0.255 e. The number of aryl methyl sites for hydroxylation is 1. The van der Waals surface area contributed by atoms with Gasteiger partial charge in [-0.15, -0.1) is 11.3 Å². The molecule has 0 bridgehead atoms. The average Bonchev–Trinajstić information content (AvgIpc) is 2.87. The third-order valence-corrected chi connectivity index (χ3v) is 5.72. The Balaban J connectivity index is 0.00000208. The maximum atomic E-state index is 12.6. The highest BCUT2D eigenvalue weighted by Gasteiger charge is 2.24. The van der Waals surface area contributed by atoms with E-state index in [1.54, 1.807) is 11.3 Å². The van der Waals surface area contributed by atoms with E-state index in [1.165, 1.54) is 10.4 Å². The van der Waals surface area contributed by atoms with E-state index in [-0.39, 0.29) is 18.3 Å². The van der Waals surface area contributed by atoms with Gasteiger partial charge in [0.25, 0.3) is 5.91 Å². The van der Waals surface area contributed by atoms with Gasteiger partial charge in [-0.1, -0.05) is 23.7 Å². The second-order valence-corrected chi connectivity index (χ2v) is 7.55. The molecule has 0 atom stereocenters. The number of thiophene rings is 1. The van der Waals surface area contributed by atoms with Crippen molar-refractivity contribution < 1.29 is 17.2 Å². The molecule has 24 heavy (non-hydrogen) atoms. The number of benzene rings is 1. The lowest BCUT2D eigenvalue weighted by atomic mass is 10.1. The van der Waals surface area contributed by atoms with Crippen molar-refractivity contribution in [2.75, 3.05) is 26.2 Å². The summed E-state index contributed by atoms with van der Waals surface area (Å²) < 4.78 is 0. The molecular formula is C18H21Cl2N2OS-. The van der Waals surface area contributed by atoms with Crippen LogP contribution in [0.2, 0.25) is 5.02 Å². The molecule has 1 fully saturated rings. The molecule has 3 rings (SSSR count). The summed E-state index contributed by atoms with van der Waals surface area (Å²) in [7, 11) is 0. The molecule has 6 heteroatoms. The van der Waals surface area contributed by atoms with Crippen LogP contribution in [-0.2, 0) is 6.54 Å². The summed E-state index contributed by atoms with van der Waals surface area (Å²) in [5.74, 6) is 0.175. The lowest BCUT2D eigenvalue weighted by Gasteiger charge is -2.34. The van der Waals surface area contributed by atoms with Crippen LogP contribution in [0.15, 0.2) is 29.6 Å². The zero-order valence-electron chi connectivity index (χ0n) is 13.9. The fourth-order valence-electron chi connectivity index (χ4n) is 2.90. The minimum Gasteiger partial charge on any atom is -1.00 e. The van der Waals surface area contributed by atoms with E-state index in [4.69, 9.17) is 11.6 Å². The standard InChI is InChI=1S/C18H21ClN2OS.ClH/c1-13-14(2)23-12-17(13)18(22)21-8-6-20(7-9-21)11-15-4-3-5-16(19)10-15;/h3-5,10,12H,6-9,11H2,1-2H3;1H/p-1. The maximum Gasteiger partial charge on any atom is 0.255 e. The van der Waals surface area contributed by atoms with Gasteiger partial charge in [0.2, 0.25) is 0 Å². The second-order valence-electron chi connectivity index (χ2n) is 6.03. The summed E-state index contributed by atoms with van der Waals surface area (Å²) in [6.45, 7) is 8.37. The first kappa shape index (κ1) is 19.3. The van der Waals surface area contributed by atoms with Crippen LogP contribution >= 0.6 is 22.9 Å². The van der Waals surface area contributed by atoms with Crippen LogP contribution in [-0.4, -0.2) is 41.9 Å². The molecule has 1 aliphatic heterocycles. The topological polar surface area (TPSA) is 23.6 Å². The van der Waals surface area contributed by atoms with Crippen LogP contribution in [0.25, 0.3) is 0 Å². The quantitative estimate of drug-likeness (QED) is 0.788. The highest BCUT2D eigenvalue weighted by atomic mass is 35.5. The fraction of sp³-hybridized carbons (Fsp3) is 0.389. The number of amides is 1. The third-order valence-electron chi connectivity index (χ3n) is 4.47. The van der Waals surface area contributed by atoms with Gasteiger partial charge in [-0.05, 0) is 37.1 Å². The molecule has 0 aliphatic carbocycles. The summed E-state index contributed by atoms with van der Waals surface area (Å²) in [5.41, 5.74) is 3.22. The molecule has 3 nitrogen and oxygen atoms in total. The predicted octanol–water partition coefficient (Wildman–Crippen LogP) is 0.980. The van der Waals surface area contributed by atoms with E-state index in [1.807, 2.05) is 35.4 Å². The van der Waals surface area contributed by atoms with Gasteiger partial charge in [-0.2, -0.15) is 0 Å². The van der Waals surface area contributed by atoms with Crippen molar-refractivity contribution in [2.45, 2.75) is 20.4 Å². The number of hydrogen-bond donors (Lipinski definition) is 0. The molecule has 0 radical (unpaired) electrons. The van der Waals surface area contributed by atoms with Crippen LogP contribution in [0.1, 0.15) is 26.4 Å². The lowest BCUT2D eigenvalue weighted by Crippen LogP contribution is -3.00. The van der Waals surface area contributed by atoms with Gasteiger partial charge in [0.15, 0.2) is 0 Å². The molecule has 130 valence electrons. The normalized spacial score (nSPS) is 15.2. The number of carbonyl (C=O) groups is 1. The maximum absolute atomic E-state index is 12.6. The Bertz CT molecular complexity index is 709. The molecule has 0 saturated carbocycles. The van der Waals surface area contributed by atoms with Gasteiger partial charge in [-0.25, -0.2) is 0 Å². The molecule has 1 saturated heterocycles. The summed E-state index contributed by atoms with van der Waals surface area (Å²) in [6, 6.07) is 7.99. The molecule has 2 heterocycles. The minimum atomic E-state index is 0. The Morgan fingerprint density at radius 2 is 1.92 bits per heavy atom. The van der Waals surface area contributed by atoms with Crippen LogP contribution in [0, 0.1) is 13.8 Å². The number of piperazine rings is 1. The number of hydrogen-bond acceptors (Lipinski definition) is 3. The van der Waals surface area contributed by atoms with Crippen LogP contribution < -0.4 is 12.4 Å². The van der Waals surface area contributed by atoms with E-state index in [0.29, 0.717) is 0 Å². The Morgan fingerprint density at radius 3 is 2.50 bits per heavy atom. The van der Waals surface area contributed by atoms with Crippen molar-refractivity contribution >= 4 is 28.8 Å². The second kappa shape index (κ2) is 8.34. The highest BCUT2D eigenvalue weighted by Crippen LogP contribution is 2.23. The Labute approximate surface area is 158 Å². The first-order valence-electron chi connectivity index (χ1n) is 7.85. The zero-order valence-corrected chi connectivity index (χ0v) is 16.2. The molecule has 2 aromatic rings. The minimum absolute atomic E-state index is 0. The molecule has 0 unspecified atom stereocenters. The van der Waals surface area contributed by atoms with Crippen molar-refractivity contribution in [3.63, 3.8) is 0 Å². The number of carbonyl (C=O) groups excluding carboxylic acids is 1. The Kier molecular flexibility index (Phi) is 6.70. The summed E-state index contributed by atoms with van der Waals surface area (Å²) >= 11 is 7.70. The largest absolute Gasteiger partial charge is 1.00 e. The number of nitrogens with zero attached hydrogens (tertiary/aromatic N) is 2. The SMILES string of the molecule is Cc1scc(C(=O)N2CCN(Cc3cccc(Cl)c3)CC2)c1C.[Cl-]. The Morgan fingerprint density at radius 1 is 1.21 bits per heavy atom. The number of halogens is 2. The van der Waals surface area contributed by atoms with Gasteiger partial charge in [0.1, 0.15) is 0 Å². The van der Waals surface area contributed by atoms with Crippen LogP contribution in [0.4, 0.5) is 0 Å². The summed E-state index contributed by atoms with van der Waals surface area (Å²) in [5, 5.41) is 2.77. The fourth-order valence-corrected chi connectivity index (χ4v) is 3.97. The van der Waals surface area contributed by atoms with Gasteiger partial charge in [0.05, 0.1) is 5.56 Å². The van der Waals surface area contributed by atoms with Crippen molar-refractivity contribution in [3.8, 4) is 0 Å². The zero-order chi connectivity index (χ0) is 16.4. The summed E-state index contributed by atoms with van der Waals surface area (Å²) in [6.07, 6.45) is 0. The molecule has 1 aromatic heterocycles. The molecular weight excluding hydrogens is 363 g/mol. The van der Waals surface area contributed by atoms with Gasteiger partial charge in [-0.3, -0.25) is 9.69 Å². The first-order chi connectivity index (χ1) is 11.0. The highest BCUT2D eigenvalue weighted by molar-refractivity contribution is 7.10. The Hall–Kier alpha value is -1.07. The van der Waals surface area contributed by atoms with E-state index in [0.717, 1.165) is 48.9 Å². The first-order valence-corrected chi connectivity index (χ1v) is 9.11. The third kappa shape index (κ3) is 4.31. The van der Waals surface area contributed by atoms with Crippen molar-refractivity contribution in [1.29, 1.82) is 0 Å². The molecule has 0 N–H and O–H groups in total. The average molecular weight is 384 g/mol. The lowest BCUT2D eigenvalue weighted by molar-refractivity contribution is -0.0000156. The van der Waals surface area contributed by atoms with E-state index >= 15 is 0 Å². The number of rotatable bonds is 3. The van der Waals surface area contributed by atoms with Gasteiger partial charge < -0.3 is 17.3 Å². The molecule has 1 aliphatic rings. The summed E-state index contributed by atoms with van der Waals surface area (Å²) in [4.78, 5) is 18.2. The van der Waals surface area contributed by atoms with Crippen molar-refractivity contribution in [2.24, 2.45) is 0 Å². The van der Waals surface area contributed by atoms with Crippen LogP contribution in [0.3, 0.4) is 0 Å². The van der Waals surface area contributed by atoms with E-state index < -0.39 is 0 Å². The monoisotopic (exact) mass is 383 g/mol. The van der Waals surface area contributed by atoms with E-state index in [9.17, 15) is 4.79 Å². The predicted molar refractivity (Wildman–Crippen MR) is 96.4 cm³/mol. The molecule has 1 amide bonds. The van der Waals surface area contributed by atoms with Crippen molar-refractivity contribution in [1.82, 2.24) is 9.80 Å². The van der Waals surface area contributed by atoms with Crippen LogP contribution in [0.5, 0.6) is 0 Å².